The average Bonchev–Trinajstić information content (AvgIpc) is 2.99. The van der Waals surface area contributed by atoms with E-state index in [4.69, 9.17) is 9.47 Å². The summed E-state index contributed by atoms with van der Waals surface area (Å²) in [5, 5.41) is 10.3. The molecular weight excluding hydrogens is 330 g/mol. The van der Waals surface area contributed by atoms with Crippen molar-refractivity contribution in [1.29, 1.82) is 0 Å². The first kappa shape index (κ1) is 17.9. The number of aromatic amines is 1. The minimum atomic E-state index is -0.876. The molecule has 2 N–H and O–H groups in total. The Bertz CT molecular complexity index is 914. The van der Waals surface area contributed by atoms with Crippen LogP contribution in [0.1, 0.15) is 25.3 Å². The zero-order valence-corrected chi connectivity index (χ0v) is 15.0. The van der Waals surface area contributed by atoms with Crippen LogP contribution in [0.2, 0.25) is 0 Å². The molecule has 0 aliphatic rings. The zero-order chi connectivity index (χ0) is 18.5. The number of carboxylic acids is 1. The number of nitrogens with one attached hydrogen (secondary N) is 1. The van der Waals surface area contributed by atoms with E-state index in [-0.39, 0.29) is 6.42 Å². The van der Waals surface area contributed by atoms with Gasteiger partial charge in [-0.15, -0.1) is 0 Å². The lowest BCUT2D eigenvalue weighted by molar-refractivity contribution is -0.136. The number of para-hydroxylation sites is 1. The van der Waals surface area contributed by atoms with Gasteiger partial charge in [-0.2, -0.15) is 0 Å². The van der Waals surface area contributed by atoms with Gasteiger partial charge in [0.15, 0.2) is 0 Å². The quantitative estimate of drug-likeness (QED) is 0.578. The predicted octanol–water partition coefficient (Wildman–Crippen LogP) is 4.65. The Labute approximate surface area is 152 Å². The second kappa shape index (κ2) is 7.95. The second-order valence-electron chi connectivity index (χ2n) is 6.16. The first-order valence-electron chi connectivity index (χ1n) is 8.76. The number of benzene rings is 2. The molecule has 26 heavy (non-hydrogen) atoms. The first-order chi connectivity index (χ1) is 12.6. The number of unbranched alkanes of at least 4 members (excludes halogenated alkanes) is 1. The van der Waals surface area contributed by atoms with E-state index < -0.39 is 5.97 Å². The van der Waals surface area contributed by atoms with Crippen molar-refractivity contribution in [3.05, 3.63) is 48.0 Å². The van der Waals surface area contributed by atoms with Crippen molar-refractivity contribution in [3.63, 3.8) is 0 Å². The number of aliphatic carboxylic acids is 1. The molecule has 2 aromatic carbocycles. The van der Waals surface area contributed by atoms with Gasteiger partial charge >= 0.3 is 5.97 Å². The van der Waals surface area contributed by atoms with Crippen molar-refractivity contribution in [2.45, 2.75) is 26.2 Å². The summed E-state index contributed by atoms with van der Waals surface area (Å²) >= 11 is 0. The molecule has 0 atom stereocenters. The Morgan fingerprint density at radius 2 is 2.00 bits per heavy atom. The number of hydrogen-bond acceptors (Lipinski definition) is 3. The molecule has 1 aromatic heterocycles. The Morgan fingerprint density at radius 1 is 1.19 bits per heavy atom. The van der Waals surface area contributed by atoms with Crippen LogP contribution in [0.15, 0.2) is 42.5 Å². The summed E-state index contributed by atoms with van der Waals surface area (Å²) in [7, 11) is 1.61. The van der Waals surface area contributed by atoms with Crippen molar-refractivity contribution in [1.82, 2.24) is 4.98 Å². The fraction of sp³-hybridized carbons (Fsp3) is 0.286. The first-order valence-corrected chi connectivity index (χ1v) is 8.76. The molecule has 3 rings (SSSR count). The maximum Gasteiger partial charge on any atom is 0.307 e. The molecule has 0 radical (unpaired) electrons. The highest BCUT2D eigenvalue weighted by Gasteiger charge is 2.18. The number of methoxy groups -OCH3 is 1. The third-order valence-corrected chi connectivity index (χ3v) is 4.35. The molecule has 0 aliphatic heterocycles. The fourth-order valence-electron chi connectivity index (χ4n) is 3.07. The lowest BCUT2D eigenvalue weighted by Gasteiger charge is -2.09. The van der Waals surface area contributed by atoms with Crippen LogP contribution in [0.4, 0.5) is 0 Å². The number of hydrogen-bond donors (Lipinski definition) is 2. The Kier molecular flexibility index (Phi) is 5.46. The largest absolute Gasteiger partial charge is 0.496 e. The summed E-state index contributed by atoms with van der Waals surface area (Å²) in [6.45, 7) is 2.77. The normalized spacial score (nSPS) is 10.8. The van der Waals surface area contributed by atoms with E-state index in [1.807, 2.05) is 42.5 Å². The molecule has 3 aromatic rings. The zero-order valence-electron chi connectivity index (χ0n) is 15.0. The summed E-state index contributed by atoms with van der Waals surface area (Å²) < 4.78 is 11.2. The summed E-state index contributed by atoms with van der Waals surface area (Å²) in [6.07, 6.45) is 1.97. The summed E-state index contributed by atoms with van der Waals surface area (Å²) in [4.78, 5) is 14.8. The van der Waals surface area contributed by atoms with Crippen LogP contribution in [0.5, 0.6) is 11.5 Å². The topological polar surface area (TPSA) is 71.5 Å². The van der Waals surface area contributed by atoms with Crippen LogP contribution in [-0.2, 0) is 11.2 Å². The lowest BCUT2D eigenvalue weighted by Crippen LogP contribution is -2.01. The van der Waals surface area contributed by atoms with Crippen molar-refractivity contribution in [2.75, 3.05) is 13.7 Å². The van der Waals surface area contributed by atoms with Crippen molar-refractivity contribution in [2.24, 2.45) is 0 Å². The molecule has 0 aliphatic carbocycles. The standard InChI is InChI=1S/C21H23NO4/c1-3-4-11-26-14-9-10-18-16(12-14)17(13-20(23)24)21(22-18)15-7-5-6-8-19(15)25-2/h5-10,12,22H,3-4,11,13H2,1-2H3,(H,23,24). The third kappa shape index (κ3) is 3.67. The lowest BCUT2D eigenvalue weighted by atomic mass is 10.0. The number of rotatable bonds is 8. The molecule has 0 fully saturated rings. The van der Waals surface area contributed by atoms with E-state index in [0.29, 0.717) is 12.4 Å². The van der Waals surface area contributed by atoms with Crippen molar-refractivity contribution < 1.29 is 19.4 Å². The molecule has 5 heteroatoms. The molecule has 0 unspecified atom stereocenters. The molecule has 0 saturated heterocycles. The van der Waals surface area contributed by atoms with Crippen LogP contribution in [0.25, 0.3) is 22.2 Å². The van der Waals surface area contributed by atoms with Gasteiger partial charge in [-0.25, -0.2) is 0 Å². The highest BCUT2D eigenvalue weighted by atomic mass is 16.5. The van der Waals surface area contributed by atoms with Gasteiger partial charge in [-0.3, -0.25) is 4.79 Å². The van der Waals surface area contributed by atoms with Gasteiger partial charge in [-0.1, -0.05) is 25.5 Å². The molecular formula is C21H23NO4. The van der Waals surface area contributed by atoms with E-state index in [1.165, 1.54) is 0 Å². The predicted molar refractivity (Wildman–Crippen MR) is 102 cm³/mol. The Balaban J connectivity index is 2.11. The van der Waals surface area contributed by atoms with Gasteiger partial charge in [0.05, 0.1) is 25.8 Å². The Morgan fingerprint density at radius 3 is 2.73 bits per heavy atom. The van der Waals surface area contributed by atoms with E-state index in [1.54, 1.807) is 7.11 Å². The van der Waals surface area contributed by atoms with Crippen molar-refractivity contribution in [3.8, 4) is 22.8 Å². The van der Waals surface area contributed by atoms with Crippen LogP contribution < -0.4 is 9.47 Å². The number of ether oxygens (including phenoxy) is 2. The van der Waals surface area contributed by atoms with Crippen LogP contribution in [0, 0.1) is 0 Å². The van der Waals surface area contributed by atoms with Gasteiger partial charge in [-0.05, 0) is 42.3 Å². The summed E-state index contributed by atoms with van der Waals surface area (Å²) in [6, 6.07) is 13.3. The molecule has 0 spiro atoms. The van der Waals surface area contributed by atoms with Crippen LogP contribution in [-0.4, -0.2) is 29.8 Å². The SMILES string of the molecule is CCCCOc1ccc2[nH]c(-c3ccccc3OC)c(CC(=O)O)c2c1. The highest BCUT2D eigenvalue weighted by molar-refractivity contribution is 5.95. The number of carboxylic acid groups (broad SMARTS) is 1. The van der Waals surface area contributed by atoms with Crippen LogP contribution >= 0.6 is 0 Å². The average molecular weight is 353 g/mol. The van der Waals surface area contributed by atoms with E-state index >= 15 is 0 Å². The molecule has 0 bridgehead atoms. The Hall–Kier alpha value is -2.95. The number of carbonyl (C=O) groups is 1. The maximum atomic E-state index is 11.5. The molecule has 0 saturated carbocycles. The number of aromatic nitrogens is 1. The summed E-state index contributed by atoms with van der Waals surface area (Å²) in [5.74, 6) is 0.577. The van der Waals surface area contributed by atoms with Gasteiger partial charge in [0.2, 0.25) is 0 Å². The molecule has 1 heterocycles. The second-order valence-corrected chi connectivity index (χ2v) is 6.16. The smallest absolute Gasteiger partial charge is 0.307 e. The highest BCUT2D eigenvalue weighted by Crippen LogP contribution is 2.37. The van der Waals surface area contributed by atoms with Gasteiger partial charge in [0.1, 0.15) is 11.5 Å². The number of fused-ring (bicyclic) bond motifs is 1. The number of H-pyrrole nitrogens is 1. The maximum absolute atomic E-state index is 11.5. The van der Waals surface area contributed by atoms with Gasteiger partial charge in [0.25, 0.3) is 0 Å². The van der Waals surface area contributed by atoms with Gasteiger partial charge < -0.3 is 19.6 Å². The van der Waals surface area contributed by atoms with Crippen LogP contribution in [0.3, 0.4) is 0 Å². The van der Waals surface area contributed by atoms with E-state index in [2.05, 4.69) is 11.9 Å². The molecule has 5 nitrogen and oxygen atoms in total. The third-order valence-electron chi connectivity index (χ3n) is 4.35. The fourth-order valence-corrected chi connectivity index (χ4v) is 3.07. The monoisotopic (exact) mass is 353 g/mol. The van der Waals surface area contributed by atoms with E-state index in [9.17, 15) is 9.90 Å². The summed E-state index contributed by atoms with van der Waals surface area (Å²) in [5.41, 5.74) is 3.23. The minimum absolute atomic E-state index is 0.0776. The molecule has 136 valence electrons. The van der Waals surface area contributed by atoms with E-state index in [0.717, 1.165) is 46.3 Å². The van der Waals surface area contributed by atoms with Gasteiger partial charge in [0, 0.05) is 16.5 Å². The minimum Gasteiger partial charge on any atom is -0.496 e. The molecule has 0 amide bonds. The van der Waals surface area contributed by atoms with Crippen molar-refractivity contribution >= 4 is 16.9 Å².